The van der Waals surface area contributed by atoms with Gasteiger partial charge in [-0.3, -0.25) is 19.9 Å². The molecule has 1 unspecified atom stereocenters. The molecule has 0 bridgehead atoms. The van der Waals surface area contributed by atoms with E-state index in [9.17, 15) is 28.3 Å². The summed E-state index contributed by atoms with van der Waals surface area (Å²) in [4.78, 5) is 40.9. The van der Waals surface area contributed by atoms with Crippen molar-refractivity contribution in [3.8, 4) is 0 Å². The van der Waals surface area contributed by atoms with Crippen LogP contribution < -0.4 is 16.1 Å². The molecule has 1 heterocycles. The number of hydrazine groups is 1. The molecular formula is C27H30ClF2N5O6. The molecule has 0 saturated heterocycles. The summed E-state index contributed by atoms with van der Waals surface area (Å²) < 4.78 is 32.8. The minimum absolute atomic E-state index is 0.0180. The molecule has 0 aliphatic heterocycles. The number of nitrogens with zero attached hydrogens (tertiary/aromatic N) is 2. The number of anilines is 1. The number of nitrogens with one attached hydrogen (secondary N) is 3. The maximum Gasteiger partial charge on any atom is 0.412 e. The van der Waals surface area contributed by atoms with E-state index in [2.05, 4.69) is 21.0 Å². The van der Waals surface area contributed by atoms with Crippen LogP contribution in [0.3, 0.4) is 0 Å². The molecule has 0 aliphatic carbocycles. The molecule has 41 heavy (non-hydrogen) atoms. The lowest BCUT2D eigenvalue weighted by Gasteiger charge is -2.31. The molecule has 11 nitrogen and oxygen atoms in total. The first-order chi connectivity index (χ1) is 19.6. The molecule has 0 saturated carbocycles. The van der Waals surface area contributed by atoms with Gasteiger partial charge in [-0.1, -0.05) is 23.7 Å². The predicted molar refractivity (Wildman–Crippen MR) is 147 cm³/mol. The molecule has 0 fully saturated rings. The van der Waals surface area contributed by atoms with Gasteiger partial charge in [-0.25, -0.2) is 24.0 Å². The van der Waals surface area contributed by atoms with Crippen molar-refractivity contribution in [1.82, 2.24) is 20.7 Å². The van der Waals surface area contributed by atoms with Gasteiger partial charge >= 0.3 is 6.09 Å². The second-order valence-electron chi connectivity index (χ2n) is 9.01. The highest BCUT2D eigenvalue weighted by atomic mass is 35.5. The Morgan fingerprint density at radius 3 is 2.66 bits per heavy atom. The third-order valence-corrected chi connectivity index (χ3v) is 6.41. The number of aliphatic hydroxyl groups is 2. The standard InChI is InChI=1S/C27H30ClF2N5O6/c1-16(37)35(33-13-18-4-2-6-22(30)25(18)28)21(5-3-9-31-26(39)23(38)14-36)15-41-27(40)34-24-11-19-10-20(29)8-7-17(19)12-32-24/h2,4,6-8,10-12,21,23,33,36,38H,3,5,9,13-15H2,1H3,(H,31,39)(H,32,34,40)/t21-,23?/m0/s1. The van der Waals surface area contributed by atoms with Gasteiger partial charge in [0.05, 0.1) is 17.7 Å². The lowest BCUT2D eigenvalue weighted by atomic mass is 10.1. The molecule has 3 amide bonds. The maximum atomic E-state index is 13.9. The van der Waals surface area contributed by atoms with Crippen LogP contribution >= 0.6 is 11.6 Å². The van der Waals surface area contributed by atoms with Gasteiger partial charge in [-0.15, -0.1) is 0 Å². The van der Waals surface area contributed by atoms with Gasteiger partial charge in [0.1, 0.15) is 24.1 Å². The van der Waals surface area contributed by atoms with Crippen LogP contribution in [0.15, 0.2) is 48.7 Å². The molecule has 1 aromatic heterocycles. The zero-order valence-electron chi connectivity index (χ0n) is 22.1. The zero-order valence-corrected chi connectivity index (χ0v) is 22.8. The van der Waals surface area contributed by atoms with Gasteiger partial charge in [-0.2, -0.15) is 0 Å². The fraction of sp³-hybridized carbons (Fsp3) is 0.333. The summed E-state index contributed by atoms with van der Waals surface area (Å²) in [5.74, 6) is -2.15. The number of halogens is 3. The van der Waals surface area contributed by atoms with Gasteiger partial charge in [-0.05, 0) is 54.1 Å². The van der Waals surface area contributed by atoms with E-state index in [0.717, 1.165) is 0 Å². The number of fused-ring (bicyclic) bond motifs is 1. The van der Waals surface area contributed by atoms with Crippen molar-refractivity contribution in [2.45, 2.75) is 38.5 Å². The van der Waals surface area contributed by atoms with Crippen LogP contribution in [0.1, 0.15) is 25.3 Å². The maximum absolute atomic E-state index is 13.9. The molecular weight excluding hydrogens is 564 g/mol. The Hall–Kier alpha value is -3.91. The van der Waals surface area contributed by atoms with Crippen molar-refractivity contribution < 1.29 is 38.1 Å². The SMILES string of the molecule is CC(=O)N(NCc1cccc(F)c1Cl)[C@@H](CCCNC(=O)C(O)CO)COC(=O)Nc1cc2cc(F)ccc2cn1. The van der Waals surface area contributed by atoms with Gasteiger partial charge < -0.3 is 20.3 Å². The van der Waals surface area contributed by atoms with Crippen LogP contribution in [0.5, 0.6) is 0 Å². The number of pyridine rings is 1. The van der Waals surface area contributed by atoms with E-state index < -0.39 is 48.3 Å². The normalized spacial score (nSPS) is 12.4. The summed E-state index contributed by atoms with van der Waals surface area (Å²) in [5.41, 5.74) is 3.28. The Morgan fingerprint density at radius 1 is 1.15 bits per heavy atom. The van der Waals surface area contributed by atoms with Gasteiger partial charge in [0.25, 0.3) is 5.91 Å². The number of rotatable bonds is 13. The van der Waals surface area contributed by atoms with Crippen LogP contribution in [0, 0.1) is 11.6 Å². The molecule has 3 rings (SSSR count). The Labute approximate surface area is 239 Å². The summed E-state index contributed by atoms with van der Waals surface area (Å²) in [6.45, 7) is 0.339. The van der Waals surface area contributed by atoms with Crippen LogP contribution in [0.4, 0.5) is 19.4 Å². The average molecular weight is 594 g/mol. The van der Waals surface area contributed by atoms with E-state index in [1.165, 1.54) is 48.5 Å². The van der Waals surface area contributed by atoms with E-state index in [4.69, 9.17) is 21.4 Å². The molecule has 2 aromatic carbocycles. The number of aromatic nitrogens is 1. The van der Waals surface area contributed by atoms with E-state index in [1.807, 2.05) is 0 Å². The number of hydrogen-bond acceptors (Lipinski definition) is 8. The first-order valence-electron chi connectivity index (χ1n) is 12.6. The van der Waals surface area contributed by atoms with Crippen molar-refractivity contribution in [2.24, 2.45) is 0 Å². The largest absolute Gasteiger partial charge is 0.447 e. The Kier molecular flexibility index (Phi) is 11.7. The number of aliphatic hydroxyl groups excluding tert-OH is 2. The lowest BCUT2D eigenvalue weighted by molar-refractivity contribution is -0.136. The highest BCUT2D eigenvalue weighted by molar-refractivity contribution is 6.31. The third-order valence-electron chi connectivity index (χ3n) is 5.99. The topological polar surface area (TPSA) is 153 Å². The number of benzene rings is 2. The summed E-state index contributed by atoms with van der Waals surface area (Å²) >= 11 is 6.03. The quantitative estimate of drug-likeness (QED) is 0.150. The lowest BCUT2D eigenvalue weighted by Crippen LogP contribution is -2.51. The molecule has 5 N–H and O–H groups in total. The summed E-state index contributed by atoms with van der Waals surface area (Å²) in [5, 5.41) is 25.5. The number of hydrogen-bond donors (Lipinski definition) is 5. The molecule has 0 aliphatic rings. The van der Waals surface area contributed by atoms with Gasteiger partial charge in [0, 0.05) is 31.6 Å². The first kappa shape index (κ1) is 31.6. The molecule has 14 heteroatoms. The van der Waals surface area contributed by atoms with Crippen molar-refractivity contribution in [2.75, 3.05) is 25.1 Å². The van der Waals surface area contributed by atoms with E-state index in [1.54, 1.807) is 12.1 Å². The Balaban J connectivity index is 1.67. The zero-order chi connectivity index (χ0) is 29.9. The molecule has 2 atom stereocenters. The van der Waals surface area contributed by atoms with Crippen molar-refractivity contribution in [3.05, 3.63) is 70.9 Å². The Morgan fingerprint density at radius 2 is 1.93 bits per heavy atom. The summed E-state index contributed by atoms with van der Waals surface area (Å²) in [7, 11) is 0. The first-order valence-corrected chi connectivity index (χ1v) is 13.0. The highest BCUT2D eigenvalue weighted by Crippen LogP contribution is 2.20. The van der Waals surface area contributed by atoms with E-state index in [-0.39, 0.29) is 37.0 Å². The van der Waals surface area contributed by atoms with Crippen LogP contribution in [0.2, 0.25) is 5.02 Å². The van der Waals surface area contributed by atoms with Crippen molar-refractivity contribution in [1.29, 1.82) is 0 Å². The number of carbonyl (C=O) groups is 3. The second kappa shape index (κ2) is 15.2. The monoisotopic (exact) mass is 593 g/mol. The van der Waals surface area contributed by atoms with Gasteiger partial charge in [0.15, 0.2) is 6.10 Å². The van der Waals surface area contributed by atoms with Crippen LogP contribution in [-0.4, -0.2) is 70.0 Å². The van der Waals surface area contributed by atoms with E-state index in [0.29, 0.717) is 22.8 Å². The summed E-state index contributed by atoms with van der Waals surface area (Å²) in [6, 6.07) is 9.13. The van der Waals surface area contributed by atoms with Crippen LogP contribution in [0.25, 0.3) is 10.8 Å². The smallest absolute Gasteiger partial charge is 0.412 e. The Bertz CT molecular complexity index is 1380. The minimum Gasteiger partial charge on any atom is -0.447 e. The van der Waals surface area contributed by atoms with Crippen molar-refractivity contribution >= 4 is 46.1 Å². The predicted octanol–water partition coefficient (Wildman–Crippen LogP) is 2.89. The molecule has 3 aromatic rings. The molecule has 0 spiro atoms. The third kappa shape index (κ3) is 9.32. The highest BCUT2D eigenvalue weighted by Gasteiger charge is 2.24. The average Bonchev–Trinajstić information content (AvgIpc) is 2.94. The number of carbonyl (C=O) groups excluding carboxylic acids is 3. The fourth-order valence-electron chi connectivity index (χ4n) is 3.88. The van der Waals surface area contributed by atoms with Crippen molar-refractivity contribution in [3.63, 3.8) is 0 Å². The summed E-state index contributed by atoms with van der Waals surface area (Å²) in [6.07, 6.45) is -0.462. The fourth-order valence-corrected chi connectivity index (χ4v) is 4.08. The molecule has 220 valence electrons. The van der Waals surface area contributed by atoms with Gasteiger partial charge in [0.2, 0.25) is 5.91 Å². The number of ether oxygens (including phenoxy) is 1. The van der Waals surface area contributed by atoms with E-state index >= 15 is 0 Å². The van der Waals surface area contributed by atoms with Crippen LogP contribution in [-0.2, 0) is 20.9 Å². The second-order valence-corrected chi connectivity index (χ2v) is 9.38. The molecule has 0 radical (unpaired) electrons. The minimum atomic E-state index is -1.57. The number of amides is 3.